The van der Waals surface area contributed by atoms with Gasteiger partial charge in [-0.2, -0.15) is 0 Å². The Bertz CT molecular complexity index is 3220. The summed E-state index contributed by atoms with van der Waals surface area (Å²) in [7, 11) is 0. The number of fused-ring (bicyclic) bond motifs is 6. The van der Waals surface area contributed by atoms with Crippen LogP contribution in [0.5, 0.6) is 0 Å². The molecule has 0 N–H and O–H groups in total. The highest BCUT2D eigenvalue weighted by molar-refractivity contribution is 5.97. The van der Waals surface area contributed by atoms with Gasteiger partial charge in [0.1, 0.15) is 0 Å². The Balaban J connectivity index is 1.20. The van der Waals surface area contributed by atoms with Gasteiger partial charge in [-0.05, 0) is 103 Å². The quantitative estimate of drug-likeness (QED) is 0.156. The van der Waals surface area contributed by atoms with Crippen LogP contribution in [0.1, 0.15) is 55.3 Å². The number of anilines is 3. The summed E-state index contributed by atoms with van der Waals surface area (Å²) in [6, 6.07) is 76.6. The van der Waals surface area contributed by atoms with E-state index in [1.807, 2.05) is 48.5 Å². The highest BCUT2D eigenvalue weighted by Gasteiger charge is 2.47. The summed E-state index contributed by atoms with van der Waals surface area (Å²) in [4.78, 5) is 2.17. The van der Waals surface area contributed by atoms with E-state index in [4.69, 9.17) is 8.22 Å². The van der Waals surface area contributed by atoms with Crippen LogP contribution in [0.2, 0.25) is 0 Å². The van der Waals surface area contributed by atoms with Crippen LogP contribution in [0.15, 0.2) is 224 Å². The van der Waals surface area contributed by atoms with Gasteiger partial charge in [0.05, 0.1) is 11.1 Å². The van der Waals surface area contributed by atoms with E-state index < -0.39 is 24.5 Å². The van der Waals surface area contributed by atoms with E-state index in [0.717, 1.165) is 44.8 Å². The molecule has 1 heteroatoms. The minimum absolute atomic E-state index is 0.270. The molecule has 1 nitrogen and oxygen atoms in total. The zero-order chi connectivity index (χ0) is 44.6. The van der Waals surface area contributed by atoms with E-state index in [1.165, 1.54) is 22.3 Å². The number of hydrogen-bond acceptors (Lipinski definition) is 1. The number of benzene rings is 9. The second-order valence-corrected chi connectivity index (χ2v) is 15.5. The van der Waals surface area contributed by atoms with Crippen LogP contribution in [0, 0.1) is 0 Å². The minimum Gasteiger partial charge on any atom is -0.310 e. The Labute approximate surface area is 356 Å². The molecule has 0 spiro atoms. The molecule has 0 bridgehead atoms. The third kappa shape index (κ3) is 5.31. The molecule has 9 aromatic carbocycles. The highest BCUT2D eigenvalue weighted by atomic mass is 15.1. The van der Waals surface area contributed by atoms with Crippen molar-refractivity contribution in [2.45, 2.75) is 24.5 Å². The minimum atomic E-state index is -2.90. The summed E-state index contributed by atoms with van der Waals surface area (Å²) in [6.45, 7) is -5.80. The largest absolute Gasteiger partial charge is 0.310 e. The third-order valence-corrected chi connectivity index (χ3v) is 12.4. The second kappa shape index (κ2) is 13.7. The SMILES string of the molecule is [2H]C([2H])([2H])C1(C([2H])([2H])[2H])c2ccccc2-c2c(N(c3ccc(-c4ccccc4)cc3)c3cccc(C4(c5ccccc5)c5ccccc5-c5c(-c6ccccc6)cccc54)c3)cccc21. The second-order valence-electron chi connectivity index (χ2n) is 15.5. The molecule has 0 aliphatic heterocycles. The fraction of sp³-hybridized carbons (Fsp3) is 0.0690. The van der Waals surface area contributed by atoms with Gasteiger partial charge in [-0.25, -0.2) is 0 Å². The lowest BCUT2D eigenvalue weighted by molar-refractivity contribution is 0.660. The average molecular weight is 760 g/mol. The van der Waals surface area contributed by atoms with Crippen molar-refractivity contribution in [3.63, 3.8) is 0 Å². The van der Waals surface area contributed by atoms with Gasteiger partial charge in [-0.1, -0.05) is 208 Å². The summed E-state index contributed by atoms with van der Waals surface area (Å²) in [6.07, 6.45) is 0. The number of hydrogen-bond donors (Lipinski definition) is 0. The molecule has 0 saturated carbocycles. The van der Waals surface area contributed by atoms with Crippen molar-refractivity contribution < 1.29 is 8.22 Å². The molecular formula is C58H43N. The Hall–Kier alpha value is -7.22. The topological polar surface area (TPSA) is 3.24 Å². The van der Waals surface area contributed by atoms with Gasteiger partial charge in [0.2, 0.25) is 0 Å². The Kier molecular flexibility index (Phi) is 6.76. The molecule has 59 heavy (non-hydrogen) atoms. The van der Waals surface area contributed by atoms with Crippen LogP contribution in [-0.4, -0.2) is 0 Å². The van der Waals surface area contributed by atoms with Crippen LogP contribution in [-0.2, 0) is 10.8 Å². The molecule has 1 unspecified atom stereocenters. The summed E-state index contributed by atoms with van der Waals surface area (Å²) >= 11 is 0. The smallest absolute Gasteiger partial charge is 0.0714 e. The molecule has 0 heterocycles. The molecule has 2 aliphatic carbocycles. The van der Waals surface area contributed by atoms with Crippen molar-refractivity contribution in [2.24, 2.45) is 0 Å². The van der Waals surface area contributed by atoms with E-state index in [-0.39, 0.29) is 11.1 Å². The Morgan fingerprint density at radius 3 is 1.61 bits per heavy atom. The van der Waals surface area contributed by atoms with Gasteiger partial charge in [0.15, 0.2) is 0 Å². The molecule has 11 rings (SSSR count). The standard InChI is InChI=1S/C58H43N/c1-57(2)50-30-14-12-27-48(50)56-52(57)32-18-34-54(56)59(45-37-35-41(36-38-45)40-19-6-3-7-20-40)46-26-16-25-44(39-46)58(43-23-10-5-11-24-43)51-31-15-13-28-49(51)55-47(29-17-33-53(55)58)42-21-8-4-9-22-42/h3-39H,1-2H3/i1D3,2D3. The normalized spacial score (nSPS) is 17.4. The van der Waals surface area contributed by atoms with Gasteiger partial charge in [0, 0.05) is 30.6 Å². The zero-order valence-electron chi connectivity index (χ0n) is 38.3. The molecule has 0 amide bonds. The molecule has 1 atom stereocenters. The van der Waals surface area contributed by atoms with Crippen molar-refractivity contribution in [3.8, 4) is 44.5 Å². The molecule has 0 radical (unpaired) electrons. The summed E-state index contributed by atoms with van der Waals surface area (Å²) < 4.78 is 53.9. The van der Waals surface area contributed by atoms with Crippen molar-refractivity contribution in [1.82, 2.24) is 0 Å². The predicted molar refractivity (Wildman–Crippen MR) is 247 cm³/mol. The monoisotopic (exact) mass is 759 g/mol. The summed E-state index contributed by atoms with van der Waals surface area (Å²) in [5.41, 5.74) is 12.4. The van der Waals surface area contributed by atoms with Crippen LogP contribution in [0.3, 0.4) is 0 Å². The molecular weight excluding hydrogens is 711 g/mol. The molecule has 0 fully saturated rings. The van der Waals surface area contributed by atoms with E-state index >= 15 is 0 Å². The maximum absolute atomic E-state index is 8.98. The fourth-order valence-corrected chi connectivity index (χ4v) is 9.90. The molecule has 0 aromatic heterocycles. The van der Waals surface area contributed by atoms with Gasteiger partial charge >= 0.3 is 0 Å². The first-order chi connectivity index (χ1) is 31.5. The molecule has 280 valence electrons. The first-order valence-electron chi connectivity index (χ1n) is 23.2. The average Bonchev–Trinajstić information content (AvgIpc) is 3.83. The van der Waals surface area contributed by atoms with Gasteiger partial charge < -0.3 is 4.90 Å². The van der Waals surface area contributed by atoms with Crippen LogP contribution >= 0.6 is 0 Å². The summed E-state index contributed by atoms with van der Waals surface area (Å²) in [5, 5.41) is 0. The van der Waals surface area contributed by atoms with Crippen LogP contribution in [0.4, 0.5) is 17.1 Å². The van der Waals surface area contributed by atoms with Crippen molar-refractivity contribution in [2.75, 3.05) is 4.90 Å². The van der Waals surface area contributed by atoms with E-state index in [0.29, 0.717) is 16.8 Å². The lowest BCUT2D eigenvalue weighted by Crippen LogP contribution is -2.29. The zero-order valence-corrected chi connectivity index (χ0v) is 32.3. The first kappa shape index (κ1) is 29.1. The fourth-order valence-electron chi connectivity index (χ4n) is 9.90. The third-order valence-electron chi connectivity index (χ3n) is 12.4. The Morgan fingerprint density at radius 1 is 0.356 bits per heavy atom. The summed E-state index contributed by atoms with van der Waals surface area (Å²) in [5.74, 6) is 0. The first-order valence-corrected chi connectivity index (χ1v) is 20.2. The predicted octanol–water partition coefficient (Wildman–Crippen LogP) is 15.2. The van der Waals surface area contributed by atoms with Gasteiger partial charge in [-0.15, -0.1) is 0 Å². The van der Waals surface area contributed by atoms with Crippen LogP contribution < -0.4 is 4.90 Å². The van der Waals surface area contributed by atoms with E-state index in [2.05, 4.69) is 163 Å². The van der Waals surface area contributed by atoms with Crippen molar-refractivity contribution >= 4 is 17.1 Å². The molecule has 0 saturated heterocycles. The lowest BCUT2D eigenvalue weighted by Gasteiger charge is -2.35. The van der Waals surface area contributed by atoms with Crippen molar-refractivity contribution in [1.29, 1.82) is 0 Å². The lowest BCUT2D eigenvalue weighted by atomic mass is 9.67. The van der Waals surface area contributed by atoms with Gasteiger partial charge in [0.25, 0.3) is 0 Å². The van der Waals surface area contributed by atoms with E-state index in [9.17, 15) is 0 Å². The maximum atomic E-state index is 8.98. The van der Waals surface area contributed by atoms with Crippen molar-refractivity contribution in [3.05, 3.63) is 258 Å². The maximum Gasteiger partial charge on any atom is 0.0714 e. The number of rotatable bonds is 7. The molecule has 2 aliphatic rings. The van der Waals surface area contributed by atoms with Crippen LogP contribution in [0.25, 0.3) is 44.5 Å². The number of nitrogens with zero attached hydrogens (tertiary/aromatic N) is 1. The Morgan fingerprint density at radius 2 is 0.881 bits per heavy atom. The highest BCUT2D eigenvalue weighted by Crippen LogP contribution is 2.59. The molecule has 9 aromatic rings. The van der Waals surface area contributed by atoms with Gasteiger partial charge in [-0.3, -0.25) is 0 Å². The van der Waals surface area contributed by atoms with E-state index in [1.54, 1.807) is 18.2 Å².